The fourth-order valence-electron chi connectivity index (χ4n) is 5.18. The van der Waals surface area contributed by atoms with Gasteiger partial charge in [0, 0.05) is 35.7 Å². The van der Waals surface area contributed by atoms with Crippen LogP contribution in [0, 0.1) is 0 Å². The number of dihydropyridines is 1. The van der Waals surface area contributed by atoms with Crippen LogP contribution in [0.4, 0.5) is 0 Å². The zero-order valence-electron chi connectivity index (χ0n) is 21.1. The summed E-state index contributed by atoms with van der Waals surface area (Å²) in [6, 6.07) is 16.6. The van der Waals surface area contributed by atoms with Crippen LogP contribution < -0.4 is 10.1 Å². The second-order valence-corrected chi connectivity index (χ2v) is 9.63. The highest BCUT2D eigenvalue weighted by atomic mass is 16.5. The highest BCUT2D eigenvalue weighted by Crippen LogP contribution is 2.41. The van der Waals surface area contributed by atoms with E-state index in [9.17, 15) is 9.59 Å². The molecule has 3 aliphatic rings. The quantitative estimate of drug-likeness (QED) is 0.518. The fourth-order valence-corrected chi connectivity index (χ4v) is 5.18. The Labute approximate surface area is 213 Å². The number of hydrogen-bond acceptors (Lipinski definition) is 6. The number of hydrogen-bond donors (Lipinski definition) is 2. The third kappa shape index (κ3) is 6.17. The molecule has 6 heteroatoms. The van der Waals surface area contributed by atoms with E-state index in [0.29, 0.717) is 24.2 Å². The third-order valence-corrected chi connectivity index (χ3v) is 7.14. The van der Waals surface area contributed by atoms with Crippen molar-refractivity contribution >= 4 is 11.8 Å². The van der Waals surface area contributed by atoms with Gasteiger partial charge in [-0.15, -0.1) is 0 Å². The van der Waals surface area contributed by atoms with Crippen LogP contribution in [0.3, 0.4) is 0 Å². The maximum atomic E-state index is 13.0. The number of ketones is 1. The number of phenolic OH excluding ortho intramolecular Hbond substituents is 1. The molecule has 2 aromatic carbocycles. The van der Waals surface area contributed by atoms with Gasteiger partial charge in [0.1, 0.15) is 17.6 Å². The minimum atomic E-state index is -0.270. The molecular formula is C30H35NO5. The van der Waals surface area contributed by atoms with Crippen molar-refractivity contribution in [2.24, 2.45) is 0 Å². The molecule has 0 bridgehead atoms. The van der Waals surface area contributed by atoms with Crippen LogP contribution in [0.15, 0.2) is 77.1 Å². The van der Waals surface area contributed by atoms with Gasteiger partial charge in [0.2, 0.25) is 0 Å². The molecule has 2 N–H and O–H groups in total. The molecule has 0 amide bonds. The number of ether oxygens (including phenoxy) is 2. The lowest BCUT2D eigenvalue weighted by molar-refractivity contribution is -0.145. The van der Waals surface area contributed by atoms with Crippen molar-refractivity contribution in [3.05, 3.63) is 82.7 Å². The molecule has 1 unspecified atom stereocenters. The zero-order valence-corrected chi connectivity index (χ0v) is 21.1. The molecule has 0 aromatic heterocycles. The van der Waals surface area contributed by atoms with E-state index >= 15 is 0 Å². The van der Waals surface area contributed by atoms with E-state index in [1.807, 2.05) is 37.3 Å². The first kappa shape index (κ1) is 25.5. The van der Waals surface area contributed by atoms with Crippen LogP contribution in [-0.2, 0) is 14.3 Å². The molecule has 1 saturated carbocycles. The molecule has 1 fully saturated rings. The second kappa shape index (κ2) is 11.9. The lowest BCUT2D eigenvalue weighted by Gasteiger charge is -2.32. The molecule has 1 heterocycles. The van der Waals surface area contributed by atoms with Gasteiger partial charge in [-0.3, -0.25) is 4.79 Å². The van der Waals surface area contributed by atoms with Gasteiger partial charge in [-0.2, -0.15) is 0 Å². The molecule has 0 saturated heterocycles. The van der Waals surface area contributed by atoms with E-state index in [1.54, 1.807) is 31.4 Å². The summed E-state index contributed by atoms with van der Waals surface area (Å²) >= 11 is 0. The van der Waals surface area contributed by atoms with Crippen molar-refractivity contribution < 1.29 is 24.2 Å². The summed E-state index contributed by atoms with van der Waals surface area (Å²) in [5, 5.41) is 12.0. The summed E-state index contributed by atoms with van der Waals surface area (Å²) in [6.07, 6.45) is 6.90. The molecule has 1 atom stereocenters. The predicted octanol–water partition coefficient (Wildman–Crippen LogP) is 5.93. The maximum absolute atomic E-state index is 13.0. The average molecular weight is 490 g/mol. The van der Waals surface area contributed by atoms with Crippen LogP contribution >= 0.6 is 0 Å². The molecule has 1 aliphatic heterocycles. The van der Waals surface area contributed by atoms with Gasteiger partial charge >= 0.3 is 5.97 Å². The number of phenols is 1. The Kier molecular flexibility index (Phi) is 8.47. The number of rotatable bonds is 4. The number of allylic oxidation sites excluding steroid dienone is 3. The molecule has 36 heavy (non-hydrogen) atoms. The summed E-state index contributed by atoms with van der Waals surface area (Å²) in [4.78, 5) is 25.7. The van der Waals surface area contributed by atoms with Gasteiger partial charge in [0.25, 0.3) is 0 Å². The number of nitrogens with one attached hydrogen (secondary N) is 1. The normalized spacial score (nSPS) is 20.1. The zero-order chi connectivity index (χ0) is 25.5. The first-order valence-electron chi connectivity index (χ1n) is 12.8. The topological polar surface area (TPSA) is 84.9 Å². The number of para-hydroxylation sites is 2. The van der Waals surface area contributed by atoms with Crippen LogP contribution in [0.2, 0.25) is 0 Å². The fraction of sp³-hybridized carbons (Fsp3) is 0.400. The third-order valence-electron chi connectivity index (χ3n) is 7.14. The predicted molar refractivity (Wildman–Crippen MR) is 139 cm³/mol. The van der Waals surface area contributed by atoms with Crippen molar-refractivity contribution in [1.82, 2.24) is 5.32 Å². The lowest BCUT2D eigenvalue weighted by atomic mass is 9.78. The Morgan fingerprint density at radius 3 is 2.33 bits per heavy atom. The summed E-state index contributed by atoms with van der Waals surface area (Å²) in [5.41, 5.74) is 4.12. The summed E-state index contributed by atoms with van der Waals surface area (Å²) < 4.78 is 11.2. The summed E-state index contributed by atoms with van der Waals surface area (Å²) in [5.74, 6) is 1.04. The number of carbonyl (C=O) groups is 2. The minimum absolute atomic E-state index is 0.0175. The van der Waals surface area contributed by atoms with E-state index in [2.05, 4.69) is 5.32 Å². The number of aromatic hydroxyl groups is 1. The molecule has 6 nitrogen and oxygen atoms in total. The Bertz CT molecular complexity index is 1140. The lowest BCUT2D eigenvalue weighted by Crippen LogP contribution is -2.32. The molecule has 2 aromatic rings. The number of carbonyl (C=O) groups excluding carboxylic acids is 2. The van der Waals surface area contributed by atoms with Gasteiger partial charge in [-0.05, 0) is 62.8 Å². The Balaban J connectivity index is 0.000000375. The smallest absolute Gasteiger partial charge is 0.336 e. The van der Waals surface area contributed by atoms with Crippen molar-refractivity contribution in [2.75, 3.05) is 7.11 Å². The summed E-state index contributed by atoms with van der Waals surface area (Å²) in [7, 11) is 1.66. The Hall–Kier alpha value is -3.54. The first-order valence-corrected chi connectivity index (χ1v) is 12.8. The van der Waals surface area contributed by atoms with Crippen LogP contribution in [0.25, 0.3) is 0 Å². The molecule has 5 rings (SSSR count). The Morgan fingerprint density at radius 1 is 0.972 bits per heavy atom. The molecule has 0 spiro atoms. The van der Waals surface area contributed by atoms with Gasteiger partial charge in [-0.25, -0.2) is 4.79 Å². The highest BCUT2D eigenvalue weighted by molar-refractivity contribution is 6.01. The second-order valence-electron chi connectivity index (χ2n) is 9.63. The summed E-state index contributed by atoms with van der Waals surface area (Å²) in [6.45, 7) is 1.90. The van der Waals surface area contributed by atoms with E-state index in [4.69, 9.17) is 14.6 Å². The minimum Gasteiger partial charge on any atom is -0.508 e. The van der Waals surface area contributed by atoms with Crippen LogP contribution in [0.5, 0.6) is 11.5 Å². The van der Waals surface area contributed by atoms with Gasteiger partial charge in [0.15, 0.2) is 5.78 Å². The maximum Gasteiger partial charge on any atom is 0.336 e. The number of methoxy groups -OCH3 is 1. The van der Waals surface area contributed by atoms with Crippen molar-refractivity contribution in [2.45, 2.75) is 70.3 Å². The molecular weight excluding hydrogens is 454 g/mol. The number of esters is 1. The van der Waals surface area contributed by atoms with Crippen LogP contribution in [0.1, 0.15) is 69.8 Å². The molecule has 190 valence electrons. The van der Waals surface area contributed by atoms with Crippen molar-refractivity contribution in [1.29, 1.82) is 0 Å². The Morgan fingerprint density at radius 2 is 1.67 bits per heavy atom. The molecule has 2 aliphatic carbocycles. The van der Waals surface area contributed by atoms with E-state index in [0.717, 1.165) is 60.4 Å². The highest BCUT2D eigenvalue weighted by Gasteiger charge is 2.35. The molecule has 0 radical (unpaired) electrons. The van der Waals surface area contributed by atoms with Gasteiger partial charge in [-0.1, -0.05) is 42.8 Å². The first-order chi connectivity index (χ1) is 17.5. The van der Waals surface area contributed by atoms with E-state index in [-0.39, 0.29) is 23.8 Å². The number of Topliss-reactive ketones (excluding diaryl/α,β-unsaturated/α-hetero) is 1. The largest absolute Gasteiger partial charge is 0.508 e. The monoisotopic (exact) mass is 489 g/mol. The SMILES string of the molecule is COc1ccccc1C1CC(=O)C2=C(C1)NC(C)=C(C(=O)OC1CCCCC1)C2.Oc1ccccc1. The van der Waals surface area contributed by atoms with E-state index in [1.165, 1.54) is 6.42 Å². The standard InChI is InChI=1S/C24H29NO4.C6H6O/c1-15-19(24(27)29-17-8-4-3-5-9-17)14-20-21(25-15)12-16(13-22(20)26)18-10-6-7-11-23(18)28-2;7-6-4-2-1-3-5-6/h6-7,10-11,16-17,25H,3-5,8-9,12-14H2,1-2H3;1-5,7H. The van der Waals surface area contributed by atoms with Gasteiger partial charge < -0.3 is 19.9 Å². The van der Waals surface area contributed by atoms with Crippen molar-refractivity contribution in [3.8, 4) is 11.5 Å². The van der Waals surface area contributed by atoms with Crippen molar-refractivity contribution in [3.63, 3.8) is 0 Å². The van der Waals surface area contributed by atoms with Crippen LogP contribution in [-0.4, -0.2) is 30.1 Å². The number of benzene rings is 2. The van der Waals surface area contributed by atoms with E-state index < -0.39 is 0 Å². The average Bonchev–Trinajstić information content (AvgIpc) is 2.89. The van der Waals surface area contributed by atoms with Gasteiger partial charge in [0.05, 0.1) is 12.7 Å².